The Balaban J connectivity index is 1.63. The number of benzene rings is 1. The number of aromatic nitrogens is 3. The normalized spacial score (nSPS) is 13.7. The highest BCUT2D eigenvalue weighted by molar-refractivity contribution is 5.98. The highest BCUT2D eigenvalue weighted by atomic mass is 16.5. The number of carbonyl (C=O) groups excluding carboxylic acids is 2. The number of para-hydroxylation sites is 1. The number of esters is 1. The predicted octanol–water partition coefficient (Wildman–Crippen LogP) is 2.28. The number of hydrogen-bond acceptors (Lipinski definition) is 4. The first kappa shape index (κ1) is 16.4. The van der Waals surface area contributed by atoms with Gasteiger partial charge in [0.15, 0.2) is 5.69 Å². The maximum atomic E-state index is 12.9. The van der Waals surface area contributed by atoms with Crippen LogP contribution in [0.15, 0.2) is 30.3 Å². The van der Waals surface area contributed by atoms with Gasteiger partial charge >= 0.3 is 5.97 Å². The van der Waals surface area contributed by atoms with Crippen LogP contribution < -0.4 is 0 Å². The van der Waals surface area contributed by atoms with Crippen molar-refractivity contribution in [3.8, 4) is 0 Å². The van der Waals surface area contributed by atoms with Crippen LogP contribution in [0.5, 0.6) is 0 Å². The van der Waals surface area contributed by atoms with Crippen LogP contribution >= 0.6 is 0 Å². The molecule has 0 radical (unpaired) electrons. The molecule has 1 aromatic carbocycles. The molecule has 4 rings (SSSR count). The molecule has 0 saturated heterocycles. The van der Waals surface area contributed by atoms with Crippen LogP contribution in [-0.2, 0) is 24.8 Å². The van der Waals surface area contributed by atoms with Crippen LogP contribution in [-0.4, -0.2) is 44.7 Å². The standard InChI is InChI=1S/C19H20N4O3/c1-3-26-19(25)17-13-11-23(9-8-16(13)22(2)21-17)18(24)15-10-12-6-4-5-7-14(12)20-15/h4-7,10,20H,3,8-9,11H2,1-2H3. The van der Waals surface area contributed by atoms with E-state index >= 15 is 0 Å². The van der Waals surface area contributed by atoms with Gasteiger partial charge in [0, 0.05) is 42.2 Å². The maximum Gasteiger partial charge on any atom is 0.359 e. The number of fused-ring (bicyclic) bond motifs is 2. The van der Waals surface area contributed by atoms with Crippen molar-refractivity contribution in [3.05, 3.63) is 53.0 Å². The highest BCUT2D eigenvalue weighted by Gasteiger charge is 2.30. The zero-order valence-electron chi connectivity index (χ0n) is 14.8. The third-order valence-electron chi connectivity index (χ3n) is 4.76. The van der Waals surface area contributed by atoms with E-state index in [1.165, 1.54) is 0 Å². The average Bonchev–Trinajstić information content (AvgIpc) is 3.22. The van der Waals surface area contributed by atoms with Crippen LogP contribution in [0.4, 0.5) is 0 Å². The van der Waals surface area contributed by atoms with Crippen molar-refractivity contribution >= 4 is 22.8 Å². The second-order valence-corrected chi connectivity index (χ2v) is 6.36. The fraction of sp³-hybridized carbons (Fsp3) is 0.316. The molecule has 1 amide bonds. The van der Waals surface area contributed by atoms with E-state index < -0.39 is 5.97 Å². The molecular formula is C19H20N4O3. The van der Waals surface area contributed by atoms with Gasteiger partial charge in [0.1, 0.15) is 5.69 Å². The SMILES string of the molecule is CCOC(=O)c1nn(C)c2c1CN(C(=O)c1cc3ccccc3[nH]1)CC2. The van der Waals surface area contributed by atoms with E-state index in [4.69, 9.17) is 4.74 Å². The Hall–Kier alpha value is -3.09. The lowest BCUT2D eigenvalue weighted by Crippen LogP contribution is -2.36. The first-order chi connectivity index (χ1) is 12.6. The summed E-state index contributed by atoms with van der Waals surface area (Å²) >= 11 is 0. The Kier molecular flexibility index (Phi) is 3.99. The maximum absolute atomic E-state index is 12.9. The van der Waals surface area contributed by atoms with Gasteiger partial charge in [0.2, 0.25) is 0 Å². The Morgan fingerprint density at radius 3 is 2.88 bits per heavy atom. The van der Waals surface area contributed by atoms with Gasteiger partial charge in [-0.3, -0.25) is 9.48 Å². The Morgan fingerprint density at radius 2 is 2.12 bits per heavy atom. The lowest BCUT2D eigenvalue weighted by atomic mass is 10.0. The van der Waals surface area contributed by atoms with Crippen LogP contribution in [0.2, 0.25) is 0 Å². The number of H-pyrrole nitrogens is 1. The second-order valence-electron chi connectivity index (χ2n) is 6.36. The molecule has 0 bridgehead atoms. The number of hydrogen-bond donors (Lipinski definition) is 1. The molecule has 0 spiro atoms. The zero-order valence-corrected chi connectivity index (χ0v) is 14.8. The summed E-state index contributed by atoms with van der Waals surface area (Å²) in [7, 11) is 1.82. The Morgan fingerprint density at radius 1 is 1.31 bits per heavy atom. The summed E-state index contributed by atoms with van der Waals surface area (Å²) in [6, 6.07) is 9.65. The number of carbonyl (C=O) groups is 2. The topological polar surface area (TPSA) is 80.2 Å². The minimum atomic E-state index is -0.440. The van der Waals surface area contributed by atoms with E-state index in [1.54, 1.807) is 16.5 Å². The molecule has 0 aliphatic carbocycles. The van der Waals surface area contributed by atoms with Crippen molar-refractivity contribution in [2.45, 2.75) is 19.9 Å². The molecule has 1 aliphatic heterocycles. The lowest BCUT2D eigenvalue weighted by molar-refractivity contribution is 0.0513. The quantitative estimate of drug-likeness (QED) is 0.734. The fourth-order valence-electron chi connectivity index (χ4n) is 3.49. The number of amides is 1. The third kappa shape index (κ3) is 2.65. The van der Waals surface area contributed by atoms with E-state index in [0.717, 1.165) is 22.2 Å². The van der Waals surface area contributed by atoms with Crippen molar-refractivity contribution < 1.29 is 14.3 Å². The monoisotopic (exact) mass is 352 g/mol. The smallest absolute Gasteiger partial charge is 0.359 e. The van der Waals surface area contributed by atoms with Gasteiger partial charge in [0.05, 0.1) is 13.2 Å². The Bertz CT molecular complexity index is 969. The summed E-state index contributed by atoms with van der Waals surface area (Å²) in [4.78, 5) is 30.1. The molecule has 7 nitrogen and oxygen atoms in total. The number of aryl methyl sites for hydroxylation is 1. The summed E-state index contributed by atoms with van der Waals surface area (Å²) in [5, 5.41) is 5.31. The van der Waals surface area contributed by atoms with Gasteiger partial charge in [-0.1, -0.05) is 18.2 Å². The molecule has 1 aliphatic rings. The van der Waals surface area contributed by atoms with Gasteiger partial charge in [-0.2, -0.15) is 5.10 Å². The first-order valence-corrected chi connectivity index (χ1v) is 8.67. The third-order valence-corrected chi connectivity index (χ3v) is 4.76. The van der Waals surface area contributed by atoms with Crippen molar-refractivity contribution in [1.29, 1.82) is 0 Å². The van der Waals surface area contributed by atoms with Crippen LogP contribution in [0, 0.1) is 0 Å². The molecule has 0 atom stereocenters. The van der Waals surface area contributed by atoms with Crippen LogP contribution in [0.1, 0.15) is 39.2 Å². The molecule has 7 heteroatoms. The molecular weight excluding hydrogens is 332 g/mol. The number of nitrogens with zero attached hydrogens (tertiary/aromatic N) is 3. The molecule has 0 saturated carbocycles. The minimum absolute atomic E-state index is 0.0782. The lowest BCUT2D eigenvalue weighted by Gasteiger charge is -2.27. The van der Waals surface area contributed by atoms with Gasteiger partial charge in [0.25, 0.3) is 5.91 Å². The predicted molar refractivity (Wildman–Crippen MR) is 95.9 cm³/mol. The molecule has 2 aromatic heterocycles. The van der Waals surface area contributed by atoms with Gasteiger partial charge < -0.3 is 14.6 Å². The minimum Gasteiger partial charge on any atom is -0.461 e. The number of aromatic amines is 1. The summed E-state index contributed by atoms with van der Waals surface area (Å²) in [6.07, 6.45) is 0.657. The van der Waals surface area contributed by atoms with Gasteiger partial charge in [-0.05, 0) is 19.1 Å². The molecule has 0 fully saturated rings. The Labute approximate surface area is 150 Å². The van der Waals surface area contributed by atoms with E-state index in [1.807, 2.05) is 37.4 Å². The van der Waals surface area contributed by atoms with E-state index in [-0.39, 0.29) is 5.91 Å². The summed E-state index contributed by atoms with van der Waals surface area (Å²) in [5.41, 5.74) is 3.55. The highest BCUT2D eigenvalue weighted by Crippen LogP contribution is 2.25. The molecule has 134 valence electrons. The summed E-state index contributed by atoms with van der Waals surface area (Å²) in [5.74, 6) is -0.519. The van der Waals surface area contributed by atoms with Crippen molar-refractivity contribution in [3.63, 3.8) is 0 Å². The molecule has 3 heterocycles. The number of rotatable bonds is 3. The van der Waals surface area contributed by atoms with Crippen LogP contribution in [0.3, 0.4) is 0 Å². The second kappa shape index (κ2) is 6.33. The van der Waals surface area contributed by atoms with E-state index in [2.05, 4.69) is 10.1 Å². The number of ether oxygens (including phenoxy) is 1. The van der Waals surface area contributed by atoms with E-state index in [0.29, 0.717) is 37.5 Å². The first-order valence-electron chi connectivity index (χ1n) is 8.67. The van der Waals surface area contributed by atoms with E-state index in [9.17, 15) is 9.59 Å². The van der Waals surface area contributed by atoms with Gasteiger partial charge in [-0.15, -0.1) is 0 Å². The van der Waals surface area contributed by atoms with Crippen molar-refractivity contribution in [1.82, 2.24) is 19.7 Å². The molecule has 0 unspecified atom stereocenters. The van der Waals surface area contributed by atoms with Crippen molar-refractivity contribution in [2.75, 3.05) is 13.2 Å². The van der Waals surface area contributed by atoms with Crippen molar-refractivity contribution in [2.24, 2.45) is 7.05 Å². The zero-order chi connectivity index (χ0) is 18.3. The fourth-order valence-corrected chi connectivity index (χ4v) is 3.49. The summed E-state index contributed by atoms with van der Waals surface area (Å²) in [6.45, 7) is 3.00. The largest absolute Gasteiger partial charge is 0.461 e. The number of nitrogens with one attached hydrogen (secondary N) is 1. The molecule has 1 N–H and O–H groups in total. The van der Waals surface area contributed by atoms with Gasteiger partial charge in [-0.25, -0.2) is 4.79 Å². The average molecular weight is 352 g/mol. The molecule has 26 heavy (non-hydrogen) atoms. The molecule has 3 aromatic rings. The summed E-state index contributed by atoms with van der Waals surface area (Å²) < 4.78 is 6.82. The van der Waals surface area contributed by atoms with Crippen LogP contribution in [0.25, 0.3) is 10.9 Å².